The van der Waals surface area contributed by atoms with Crippen LogP contribution in [-0.4, -0.2) is 24.5 Å². The lowest BCUT2D eigenvalue weighted by atomic mass is 9.93. The number of nitrogens with one attached hydrogen (secondary N) is 1. The Balaban J connectivity index is 1.67. The minimum Gasteiger partial charge on any atom is -0.352 e. The number of halogens is 1. The molecule has 172 valence electrons. The summed E-state index contributed by atoms with van der Waals surface area (Å²) >= 11 is 12.2. The summed E-state index contributed by atoms with van der Waals surface area (Å²) in [6.07, 6.45) is 3.66. The van der Waals surface area contributed by atoms with E-state index >= 15 is 0 Å². The predicted molar refractivity (Wildman–Crippen MR) is 140 cm³/mol. The van der Waals surface area contributed by atoms with Crippen LogP contribution in [0.5, 0.6) is 0 Å². The topological polar surface area (TPSA) is 46.0 Å². The van der Waals surface area contributed by atoms with Crippen molar-refractivity contribution in [3.8, 4) is 5.69 Å². The summed E-state index contributed by atoms with van der Waals surface area (Å²) in [4.78, 5) is 11.5. The number of benzene rings is 1. The van der Waals surface area contributed by atoms with Gasteiger partial charge in [-0.2, -0.15) is 0 Å². The molecule has 3 aromatic heterocycles. The number of nitrogens with zero attached hydrogens (tertiary/aromatic N) is 4. The molecule has 0 amide bonds. The molecule has 4 aromatic rings. The number of pyridine rings is 2. The Kier molecular flexibility index (Phi) is 6.11. The molecular weight excluding hydrogens is 462 g/mol. The van der Waals surface area contributed by atoms with Crippen LogP contribution < -0.4 is 5.32 Å². The molecule has 1 saturated heterocycles. The monoisotopic (exact) mass is 487 g/mol. The lowest BCUT2D eigenvalue weighted by Crippen LogP contribution is -2.30. The van der Waals surface area contributed by atoms with E-state index in [1.54, 1.807) is 0 Å². The van der Waals surface area contributed by atoms with Crippen molar-refractivity contribution in [2.75, 3.05) is 0 Å². The highest BCUT2D eigenvalue weighted by Crippen LogP contribution is 2.44. The van der Waals surface area contributed by atoms with Crippen molar-refractivity contribution in [1.29, 1.82) is 0 Å². The quantitative estimate of drug-likeness (QED) is 0.349. The number of aromatic nitrogens is 3. The van der Waals surface area contributed by atoms with E-state index in [9.17, 15) is 0 Å². The zero-order chi connectivity index (χ0) is 23.8. The molecule has 1 N–H and O–H groups in total. The van der Waals surface area contributed by atoms with Gasteiger partial charge >= 0.3 is 0 Å². The van der Waals surface area contributed by atoms with Crippen LogP contribution in [0.3, 0.4) is 0 Å². The van der Waals surface area contributed by atoms with Gasteiger partial charge in [-0.05, 0) is 81.0 Å². The second-order valence-corrected chi connectivity index (χ2v) is 9.42. The van der Waals surface area contributed by atoms with Crippen LogP contribution in [0.1, 0.15) is 46.0 Å². The van der Waals surface area contributed by atoms with Gasteiger partial charge in [0.15, 0.2) is 5.11 Å². The van der Waals surface area contributed by atoms with Crippen molar-refractivity contribution >= 4 is 28.9 Å². The first-order valence-corrected chi connectivity index (χ1v) is 12.1. The smallest absolute Gasteiger partial charge is 0.170 e. The van der Waals surface area contributed by atoms with E-state index in [0.717, 1.165) is 22.1 Å². The standard InChI is InChI=1S/C27H26ClN5S/c1-17-18(2)33(22-11-8-9-20(28)15-22)19(3)24(17)26-25(23-12-5-7-14-30-23)31-27(34)32(26)16-21-10-4-6-13-29-21/h4-15,25-26H,16H2,1-3H3,(H,31,34)/t25-,26+/m1/s1. The summed E-state index contributed by atoms with van der Waals surface area (Å²) in [5.74, 6) is 0. The molecule has 1 aliphatic heterocycles. The van der Waals surface area contributed by atoms with Crippen LogP contribution in [0.25, 0.3) is 5.69 Å². The zero-order valence-corrected chi connectivity index (χ0v) is 20.9. The third kappa shape index (κ3) is 3.97. The highest BCUT2D eigenvalue weighted by Gasteiger charge is 2.42. The molecular formula is C27H26ClN5S. The fourth-order valence-corrected chi connectivity index (χ4v) is 5.49. The third-order valence-electron chi connectivity index (χ3n) is 6.63. The lowest BCUT2D eigenvalue weighted by molar-refractivity contribution is 0.306. The summed E-state index contributed by atoms with van der Waals surface area (Å²) in [6.45, 7) is 7.13. The van der Waals surface area contributed by atoms with E-state index in [0.29, 0.717) is 11.7 Å². The van der Waals surface area contributed by atoms with Gasteiger partial charge in [-0.25, -0.2) is 0 Å². The Morgan fingerprint density at radius 3 is 2.38 bits per heavy atom. The van der Waals surface area contributed by atoms with Crippen LogP contribution in [0.4, 0.5) is 0 Å². The first kappa shape index (κ1) is 22.6. The van der Waals surface area contributed by atoms with Crippen molar-refractivity contribution in [2.45, 2.75) is 39.4 Å². The van der Waals surface area contributed by atoms with Crippen molar-refractivity contribution in [3.63, 3.8) is 0 Å². The zero-order valence-electron chi connectivity index (χ0n) is 19.4. The number of hydrogen-bond donors (Lipinski definition) is 1. The normalized spacial score (nSPS) is 17.8. The second kappa shape index (κ2) is 9.20. The molecule has 1 fully saturated rings. The molecule has 0 unspecified atom stereocenters. The summed E-state index contributed by atoms with van der Waals surface area (Å²) < 4.78 is 2.28. The van der Waals surface area contributed by atoms with Gasteiger partial charge < -0.3 is 14.8 Å². The van der Waals surface area contributed by atoms with Gasteiger partial charge in [0.1, 0.15) is 0 Å². The SMILES string of the molecule is Cc1c([C@H]2[C@@H](c3ccccn3)NC(=S)N2Cc2ccccn2)c(C)n(-c2cccc(Cl)c2)c1C. The molecule has 0 saturated carbocycles. The van der Waals surface area contributed by atoms with E-state index in [-0.39, 0.29) is 12.1 Å². The average Bonchev–Trinajstić information content (AvgIpc) is 3.27. The highest BCUT2D eigenvalue weighted by molar-refractivity contribution is 7.80. The molecule has 4 heterocycles. The molecule has 2 atom stereocenters. The predicted octanol–water partition coefficient (Wildman–Crippen LogP) is 6.02. The van der Waals surface area contributed by atoms with Crippen LogP contribution in [0.2, 0.25) is 5.02 Å². The van der Waals surface area contributed by atoms with Crippen molar-refractivity contribution < 1.29 is 0 Å². The molecule has 5 rings (SSSR count). The third-order valence-corrected chi connectivity index (χ3v) is 7.21. The van der Waals surface area contributed by atoms with Gasteiger partial charge in [0.05, 0.1) is 30.0 Å². The summed E-state index contributed by atoms with van der Waals surface area (Å²) in [7, 11) is 0. The van der Waals surface area contributed by atoms with Crippen molar-refractivity contribution in [2.24, 2.45) is 0 Å². The Bertz CT molecular complexity index is 1340. The first-order chi connectivity index (χ1) is 16.5. The largest absolute Gasteiger partial charge is 0.352 e. The van der Waals surface area contributed by atoms with Crippen LogP contribution in [0.15, 0.2) is 73.1 Å². The first-order valence-electron chi connectivity index (χ1n) is 11.3. The van der Waals surface area contributed by atoms with Gasteiger partial charge in [-0.15, -0.1) is 0 Å². The molecule has 0 radical (unpaired) electrons. The van der Waals surface area contributed by atoms with Gasteiger partial charge in [0.2, 0.25) is 0 Å². The fraction of sp³-hybridized carbons (Fsp3) is 0.222. The number of thiocarbonyl (C=S) groups is 1. The van der Waals surface area contributed by atoms with Crippen LogP contribution in [0, 0.1) is 20.8 Å². The summed E-state index contributed by atoms with van der Waals surface area (Å²) in [5.41, 5.74) is 7.82. The molecule has 34 heavy (non-hydrogen) atoms. The molecule has 0 spiro atoms. The minimum atomic E-state index is -0.0792. The number of hydrogen-bond acceptors (Lipinski definition) is 3. The molecule has 0 bridgehead atoms. The van der Waals surface area contributed by atoms with Crippen molar-refractivity contribution in [3.05, 3.63) is 112 Å². The summed E-state index contributed by atoms with van der Waals surface area (Å²) in [6, 6.07) is 19.9. The maximum atomic E-state index is 6.35. The van der Waals surface area contributed by atoms with E-state index < -0.39 is 0 Å². The fourth-order valence-electron chi connectivity index (χ4n) is 5.00. The van der Waals surface area contributed by atoms with Crippen molar-refractivity contribution in [1.82, 2.24) is 24.8 Å². The Hall–Kier alpha value is -3.22. The molecule has 1 aromatic carbocycles. The highest BCUT2D eigenvalue weighted by atomic mass is 35.5. The molecule has 1 aliphatic rings. The van der Waals surface area contributed by atoms with Gasteiger partial charge in [0.25, 0.3) is 0 Å². The molecule has 0 aliphatic carbocycles. The van der Waals surface area contributed by atoms with Gasteiger partial charge in [-0.3, -0.25) is 9.97 Å². The Morgan fingerprint density at radius 1 is 0.941 bits per heavy atom. The van der Waals surface area contributed by atoms with E-state index in [1.807, 2.05) is 60.9 Å². The molecule has 7 heteroatoms. The minimum absolute atomic E-state index is 0.0384. The average molecular weight is 488 g/mol. The van der Waals surface area contributed by atoms with Gasteiger partial charge in [0, 0.05) is 40.1 Å². The van der Waals surface area contributed by atoms with E-state index in [4.69, 9.17) is 23.8 Å². The van der Waals surface area contributed by atoms with Crippen LogP contribution >= 0.6 is 23.8 Å². The Morgan fingerprint density at radius 2 is 1.71 bits per heavy atom. The van der Waals surface area contributed by atoms with E-state index in [1.165, 1.54) is 22.5 Å². The van der Waals surface area contributed by atoms with E-state index in [2.05, 4.69) is 57.7 Å². The summed E-state index contributed by atoms with van der Waals surface area (Å²) in [5, 5.41) is 4.98. The maximum absolute atomic E-state index is 6.35. The Labute approximate surface area is 210 Å². The van der Waals surface area contributed by atoms with Gasteiger partial charge in [-0.1, -0.05) is 29.8 Å². The molecule has 5 nitrogen and oxygen atoms in total. The maximum Gasteiger partial charge on any atom is 0.170 e. The number of rotatable bonds is 5. The lowest BCUT2D eigenvalue weighted by Gasteiger charge is -2.28. The second-order valence-electron chi connectivity index (χ2n) is 8.60. The van der Waals surface area contributed by atoms with Crippen LogP contribution in [-0.2, 0) is 6.54 Å².